The van der Waals surface area contributed by atoms with Crippen molar-refractivity contribution in [2.75, 3.05) is 6.54 Å². The number of fused-ring (bicyclic) bond motifs is 3. The minimum Gasteiger partial charge on any atom is -0.350 e. The maximum Gasteiger partial charge on any atom is 0.254 e. The Balaban J connectivity index is 1.85. The Morgan fingerprint density at radius 2 is 1.96 bits per heavy atom. The Bertz CT molecular complexity index is 848. The highest BCUT2D eigenvalue weighted by molar-refractivity contribution is 6.05. The Labute approximate surface area is 153 Å². The van der Waals surface area contributed by atoms with Crippen LogP contribution in [0, 0.1) is 6.92 Å². The van der Waals surface area contributed by atoms with Crippen LogP contribution in [0.5, 0.6) is 0 Å². The molecule has 2 amide bonds. The van der Waals surface area contributed by atoms with Crippen LogP contribution >= 0.6 is 0 Å². The molecule has 0 saturated heterocycles. The fraction of sp³-hybridized carbons (Fsp3) is 0.579. The molecular formula is C19H27N5O2. The zero-order valence-electron chi connectivity index (χ0n) is 16.0. The molecule has 7 heteroatoms. The molecule has 0 aliphatic carbocycles. The summed E-state index contributed by atoms with van der Waals surface area (Å²) in [5.41, 5.74) is 2.32. The van der Waals surface area contributed by atoms with Gasteiger partial charge in [-0.3, -0.25) is 9.59 Å². The van der Waals surface area contributed by atoms with Crippen LogP contribution in [-0.4, -0.2) is 38.4 Å². The van der Waals surface area contributed by atoms with E-state index in [-0.39, 0.29) is 23.9 Å². The van der Waals surface area contributed by atoms with E-state index >= 15 is 0 Å². The van der Waals surface area contributed by atoms with Crippen LogP contribution in [-0.2, 0) is 17.8 Å². The Morgan fingerprint density at radius 1 is 1.19 bits per heavy atom. The molecule has 0 saturated carbocycles. The first kappa shape index (κ1) is 18.4. The number of carbonyl (C=O) groups excluding carboxylic acids is 2. The van der Waals surface area contributed by atoms with E-state index in [0.717, 1.165) is 43.0 Å². The Hall–Kier alpha value is -2.44. The number of carbonyl (C=O) groups is 2. The van der Waals surface area contributed by atoms with E-state index in [1.807, 2.05) is 27.7 Å². The predicted molar refractivity (Wildman–Crippen MR) is 100 cm³/mol. The summed E-state index contributed by atoms with van der Waals surface area (Å²) in [5.74, 6) is 0.487. The van der Waals surface area contributed by atoms with Crippen LogP contribution in [0.2, 0.25) is 0 Å². The largest absolute Gasteiger partial charge is 0.350 e. The first-order chi connectivity index (χ1) is 12.2. The molecule has 2 N–H and O–H groups in total. The summed E-state index contributed by atoms with van der Waals surface area (Å²) in [6.45, 7) is 8.41. The van der Waals surface area contributed by atoms with Gasteiger partial charge in [0.05, 0.1) is 12.1 Å². The highest BCUT2D eigenvalue weighted by atomic mass is 16.2. The third-order valence-corrected chi connectivity index (χ3v) is 4.36. The van der Waals surface area contributed by atoms with Crippen molar-refractivity contribution in [3.8, 4) is 0 Å². The lowest BCUT2D eigenvalue weighted by Gasteiger charge is -2.20. The monoisotopic (exact) mass is 357 g/mol. The van der Waals surface area contributed by atoms with Crippen LogP contribution in [0.25, 0.3) is 11.2 Å². The summed E-state index contributed by atoms with van der Waals surface area (Å²) in [6, 6.07) is 1.74. The quantitative estimate of drug-likeness (QED) is 0.880. The van der Waals surface area contributed by atoms with Gasteiger partial charge < -0.3 is 15.2 Å². The minimum absolute atomic E-state index is 0.0630. The number of nitrogens with zero attached hydrogens (tertiary/aromatic N) is 3. The average molecular weight is 357 g/mol. The number of nitrogens with one attached hydrogen (secondary N) is 2. The van der Waals surface area contributed by atoms with Gasteiger partial charge in [-0.1, -0.05) is 6.42 Å². The van der Waals surface area contributed by atoms with Gasteiger partial charge in [0, 0.05) is 24.2 Å². The van der Waals surface area contributed by atoms with Gasteiger partial charge >= 0.3 is 0 Å². The van der Waals surface area contributed by atoms with Crippen LogP contribution in [0.15, 0.2) is 6.07 Å². The number of aryl methyl sites for hydroxylation is 3. The average Bonchev–Trinajstić information content (AvgIpc) is 2.73. The van der Waals surface area contributed by atoms with E-state index in [9.17, 15) is 9.59 Å². The SMILES string of the molecule is Cc1cc(C(=O)NCC(=O)NC(C)(C)C)c2nc3n(c2n1)CCCCC3. The second kappa shape index (κ2) is 7.05. The molecule has 0 fully saturated rings. The van der Waals surface area contributed by atoms with E-state index in [4.69, 9.17) is 4.98 Å². The minimum atomic E-state index is -0.330. The normalized spacial score (nSPS) is 14.6. The topological polar surface area (TPSA) is 88.9 Å². The van der Waals surface area contributed by atoms with Gasteiger partial charge in [0.15, 0.2) is 5.65 Å². The van der Waals surface area contributed by atoms with E-state index in [0.29, 0.717) is 11.1 Å². The molecule has 140 valence electrons. The van der Waals surface area contributed by atoms with Gasteiger partial charge in [-0.05, 0) is 46.6 Å². The first-order valence-corrected chi connectivity index (χ1v) is 9.20. The molecule has 2 aromatic heterocycles. The number of aromatic nitrogens is 3. The first-order valence-electron chi connectivity index (χ1n) is 9.20. The zero-order valence-corrected chi connectivity index (χ0v) is 16.0. The van der Waals surface area contributed by atoms with Gasteiger partial charge in [0.25, 0.3) is 5.91 Å². The summed E-state index contributed by atoms with van der Waals surface area (Å²) in [6.07, 6.45) is 4.30. The van der Waals surface area contributed by atoms with Crippen molar-refractivity contribution in [2.45, 2.75) is 65.5 Å². The van der Waals surface area contributed by atoms with Crippen molar-refractivity contribution in [1.82, 2.24) is 25.2 Å². The molecule has 0 atom stereocenters. The molecule has 0 spiro atoms. The fourth-order valence-electron chi connectivity index (χ4n) is 3.31. The molecule has 0 radical (unpaired) electrons. The van der Waals surface area contributed by atoms with Gasteiger partial charge in [-0.2, -0.15) is 0 Å². The van der Waals surface area contributed by atoms with Crippen LogP contribution in [0.3, 0.4) is 0 Å². The summed E-state index contributed by atoms with van der Waals surface area (Å²) in [5, 5.41) is 5.54. The van der Waals surface area contributed by atoms with E-state index in [2.05, 4.69) is 20.2 Å². The number of hydrogen-bond acceptors (Lipinski definition) is 4. The molecule has 1 aliphatic rings. The number of imidazole rings is 1. The van der Waals surface area contributed by atoms with Gasteiger partial charge in [0.2, 0.25) is 5.91 Å². The van der Waals surface area contributed by atoms with Gasteiger partial charge in [0.1, 0.15) is 11.3 Å². The van der Waals surface area contributed by atoms with E-state index in [1.165, 1.54) is 6.42 Å². The summed E-state index contributed by atoms with van der Waals surface area (Å²) in [7, 11) is 0. The van der Waals surface area contributed by atoms with Crippen molar-refractivity contribution < 1.29 is 9.59 Å². The van der Waals surface area contributed by atoms with E-state index < -0.39 is 0 Å². The summed E-state index contributed by atoms with van der Waals surface area (Å²) >= 11 is 0. The molecule has 26 heavy (non-hydrogen) atoms. The lowest BCUT2D eigenvalue weighted by atomic mass is 10.1. The molecule has 3 heterocycles. The lowest BCUT2D eigenvalue weighted by molar-refractivity contribution is -0.121. The van der Waals surface area contributed by atoms with Crippen LogP contribution < -0.4 is 10.6 Å². The summed E-state index contributed by atoms with van der Waals surface area (Å²) in [4.78, 5) is 34.0. The predicted octanol–water partition coefficient (Wildman–Crippen LogP) is 2.11. The van der Waals surface area contributed by atoms with Crippen molar-refractivity contribution in [1.29, 1.82) is 0 Å². The van der Waals surface area contributed by atoms with Crippen LogP contribution in [0.1, 0.15) is 61.9 Å². The van der Waals surface area contributed by atoms with Crippen molar-refractivity contribution in [3.05, 3.63) is 23.1 Å². The number of pyridine rings is 1. The lowest BCUT2D eigenvalue weighted by Crippen LogP contribution is -2.45. The van der Waals surface area contributed by atoms with Gasteiger partial charge in [-0.15, -0.1) is 0 Å². The molecule has 2 aromatic rings. The number of hydrogen-bond donors (Lipinski definition) is 2. The standard InChI is InChI=1S/C19H27N5O2/c1-12-10-13(18(26)20-11-15(25)23-19(2,3)4)16-17(21-12)24-9-7-5-6-8-14(24)22-16/h10H,5-9,11H2,1-4H3,(H,20,26)(H,23,25). The van der Waals surface area contributed by atoms with Gasteiger partial charge in [-0.25, -0.2) is 9.97 Å². The Morgan fingerprint density at radius 3 is 2.69 bits per heavy atom. The van der Waals surface area contributed by atoms with Crippen molar-refractivity contribution in [3.63, 3.8) is 0 Å². The summed E-state index contributed by atoms with van der Waals surface area (Å²) < 4.78 is 2.14. The van der Waals surface area contributed by atoms with Crippen molar-refractivity contribution >= 4 is 23.0 Å². The molecule has 0 aromatic carbocycles. The fourth-order valence-corrected chi connectivity index (χ4v) is 3.31. The highest BCUT2D eigenvalue weighted by Crippen LogP contribution is 2.23. The molecule has 0 bridgehead atoms. The Kier molecular flexibility index (Phi) is 4.98. The van der Waals surface area contributed by atoms with Crippen molar-refractivity contribution in [2.24, 2.45) is 0 Å². The molecule has 7 nitrogen and oxygen atoms in total. The second-order valence-corrected chi connectivity index (χ2v) is 7.95. The molecular weight excluding hydrogens is 330 g/mol. The molecule has 3 rings (SSSR count). The van der Waals surface area contributed by atoms with Crippen LogP contribution in [0.4, 0.5) is 0 Å². The smallest absolute Gasteiger partial charge is 0.254 e. The highest BCUT2D eigenvalue weighted by Gasteiger charge is 2.21. The maximum atomic E-state index is 12.7. The molecule has 1 aliphatic heterocycles. The maximum absolute atomic E-state index is 12.7. The van der Waals surface area contributed by atoms with E-state index in [1.54, 1.807) is 6.07 Å². The third kappa shape index (κ3) is 4.03. The third-order valence-electron chi connectivity index (χ3n) is 4.36. The molecule has 0 unspecified atom stereocenters. The zero-order chi connectivity index (χ0) is 18.9. The second-order valence-electron chi connectivity index (χ2n) is 7.95. The number of amides is 2. The number of rotatable bonds is 3.